The number of nitrogens with two attached hydrogens (primary N) is 1. The summed E-state index contributed by atoms with van der Waals surface area (Å²) in [6, 6.07) is 7.37. The van der Waals surface area contributed by atoms with E-state index in [1.807, 2.05) is 17.0 Å². The Bertz CT molecular complexity index is 969. The molecule has 5 rings (SSSR count). The summed E-state index contributed by atoms with van der Waals surface area (Å²) >= 11 is 0. The molecular formula is C27H37FN4O. The number of rotatable bonds is 3. The lowest BCUT2D eigenvalue weighted by Crippen LogP contribution is -2.61. The van der Waals surface area contributed by atoms with Crippen molar-refractivity contribution < 1.29 is 9.18 Å². The van der Waals surface area contributed by atoms with Crippen molar-refractivity contribution in [3.63, 3.8) is 0 Å². The van der Waals surface area contributed by atoms with Crippen LogP contribution in [0.5, 0.6) is 0 Å². The largest absolute Gasteiger partial charge is 0.330 e. The molecule has 5 atom stereocenters. The molecule has 4 aliphatic rings. The van der Waals surface area contributed by atoms with Crippen molar-refractivity contribution in [2.24, 2.45) is 28.5 Å². The minimum absolute atomic E-state index is 0.0143. The summed E-state index contributed by atoms with van der Waals surface area (Å²) < 4.78 is 13.8. The molecule has 33 heavy (non-hydrogen) atoms. The van der Waals surface area contributed by atoms with Crippen LogP contribution >= 0.6 is 0 Å². The van der Waals surface area contributed by atoms with E-state index in [4.69, 9.17) is 10.7 Å². The SMILES string of the molecule is CC1CC=C2N(CCN(C(=O)CN)C2(C)C)C(=NC2CC3CCC2C3)C1c1ccc(F)cc1. The first-order chi connectivity index (χ1) is 15.8. The van der Waals surface area contributed by atoms with Gasteiger partial charge in [-0.25, -0.2) is 4.39 Å². The van der Waals surface area contributed by atoms with Crippen LogP contribution in [0.4, 0.5) is 4.39 Å². The summed E-state index contributed by atoms with van der Waals surface area (Å²) in [5, 5.41) is 0. The molecule has 2 aliphatic carbocycles. The lowest BCUT2D eigenvalue weighted by Gasteiger charge is -2.50. The number of carbonyl (C=O) groups excluding carboxylic acids is 1. The minimum atomic E-state index is -0.457. The number of hydrogen-bond donors (Lipinski definition) is 1. The van der Waals surface area contributed by atoms with E-state index >= 15 is 0 Å². The Hall–Kier alpha value is -2.21. The van der Waals surface area contributed by atoms with E-state index in [9.17, 15) is 9.18 Å². The number of hydrogen-bond acceptors (Lipinski definition) is 3. The van der Waals surface area contributed by atoms with Gasteiger partial charge >= 0.3 is 0 Å². The van der Waals surface area contributed by atoms with Gasteiger partial charge in [0.05, 0.1) is 18.1 Å². The molecule has 2 saturated carbocycles. The first-order valence-electron chi connectivity index (χ1n) is 12.6. The Balaban J connectivity index is 1.59. The molecule has 1 aromatic rings. The van der Waals surface area contributed by atoms with Crippen molar-refractivity contribution in [2.45, 2.75) is 70.4 Å². The Morgan fingerprint density at radius 3 is 2.58 bits per heavy atom. The summed E-state index contributed by atoms with van der Waals surface area (Å²) in [6.07, 6.45) is 8.33. The maximum atomic E-state index is 13.8. The Morgan fingerprint density at radius 2 is 1.94 bits per heavy atom. The number of allylic oxidation sites excluding steroid dienone is 1. The van der Waals surface area contributed by atoms with E-state index in [1.54, 1.807) is 12.1 Å². The van der Waals surface area contributed by atoms with Crippen LogP contribution in [0.25, 0.3) is 0 Å². The van der Waals surface area contributed by atoms with Crippen LogP contribution in [0.15, 0.2) is 41.0 Å². The van der Waals surface area contributed by atoms with Gasteiger partial charge < -0.3 is 15.5 Å². The van der Waals surface area contributed by atoms with E-state index in [0.29, 0.717) is 31.0 Å². The Kier molecular flexibility index (Phi) is 5.84. The number of amidine groups is 1. The van der Waals surface area contributed by atoms with Gasteiger partial charge in [0.2, 0.25) is 5.91 Å². The van der Waals surface area contributed by atoms with Crippen molar-refractivity contribution in [3.8, 4) is 0 Å². The van der Waals surface area contributed by atoms with Crippen LogP contribution in [-0.2, 0) is 4.79 Å². The van der Waals surface area contributed by atoms with Gasteiger partial charge in [0, 0.05) is 24.7 Å². The van der Waals surface area contributed by atoms with Gasteiger partial charge in [0.15, 0.2) is 0 Å². The maximum Gasteiger partial charge on any atom is 0.237 e. The second kappa shape index (κ2) is 8.53. The highest BCUT2D eigenvalue weighted by Gasteiger charge is 2.46. The van der Waals surface area contributed by atoms with E-state index in [2.05, 4.69) is 31.7 Å². The van der Waals surface area contributed by atoms with Crippen LogP contribution in [-0.4, -0.2) is 52.8 Å². The first-order valence-corrected chi connectivity index (χ1v) is 12.6. The molecule has 5 unspecified atom stereocenters. The summed E-state index contributed by atoms with van der Waals surface area (Å²) in [5.41, 5.74) is 7.56. The van der Waals surface area contributed by atoms with Gasteiger partial charge in [-0.2, -0.15) is 0 Å². The summed E-state index contributed by atoms with van der Waals surface area (Å²) in [7, 11) is 0. The van der Waals surface area contributed by atoms with Crippen molar-refractivity contribution in [2.75, 3.05) is 19.6 Å². The molecule has 2 N–H and O–H groups in total. The van der Waals surface area contributed by atoms with Crippen molar-refractivity contribution >= 4 is 11.7 Å². The highest BCUT2D eigenvalue weighted by molar-refractivity contribution is 5.92. The number of fused-ring (bicyclic) bond motifs is 3. The molecule has 2 bridgehead atoms. The second-order valence-electron chi connectivity index (χ2n) is 11.0. The third-order valence-corrected chi connectivity index (χ3v) is 8.65. The Labute approximate surface area is 196 Å². The molecule has 2 aliphatic heterocycles. The zero-order chi connectivity index (χ0) is 23.3. The number of nitrogens with zero attached hydrogens (tertiary/aromatic N) is 3. The predicted molar refractivity (Wildman–Crippen MR) is 129 cm³/mol. The zero-order valence-corrected chi connectivity index (χ0v) is 20.1. The topological polar surface area (TPSA) is 61.9 Å². The quantitative estimate of drug-likeness (QED) is 0.744. The third-order valence-electron chi connectivity index (χ3n) is 8.65. The van der Waals surface area contributed by atoms with Crippen molar-refractivity contribution in [3.05, 3.63) is 47.4 Å². The van der Waals surface area contributed by atoms with Gasteiger partial charge in [0.1, 0.15) is 11.7 Å². The normalized spacial score (nSPS) is 34.3. The molecule has 1 aromatic carbocycles. The summed E-state index contributed by atoms with van der Waals surface area (Å²) in [6.45, 7) is 7.88. The van der Waals surface area contributed by atoms with Gasteiger partial charge in [-0.15, -0.1) is 0 Å². The fraction of sp³-hybridized carbons (Fsp3) is 0.630. The number of amides is 1. The average Bonchev–Trinajstić information content (AvgIpc) is 3.37. The van der Waals surface area contributed by atoms with Crippen molar-refractivity contribution in [1.82, 2.24) is 9.80 Å². The van der Waals surface area contributed by atoms with Gasteiger partial charge in [-0.3, -0.25) is 9.79 Å². The fourth-order valence-electron chi connectivity index (χ4n) is 6.91. The second-order valence-corrected chi connectivity index (χ2v) is 11.0. The van der Waals surface area contributed by atoms with E-state index < -0.39 is 5.54 Å². The molecule has 0 radical (unpaired) electrons. The molecule has 178 valence electrons. The minimum Gasteiger partial charge on any atom is -0.330 e. The number of carbonyl (C=O) groups is 1. The van der Waals surface area contributed by atoms with Gasteiger partial charge in [-0.05, 0) is 75.0 Å². The predicted octanol–water partition coefficient (Wildman–Crippen LogP) is 4.30. The third kappa shape index (κ3) is 3.90. The molecule has 5 nitrogen and oxygen atoms in total. The van der Waals surface area contributed by atoms with Crippen LogP contribution in [0.3, 0.4) is 0 Å². The van der Waals surface area contributed by atoms with Crippen LogP contribution in [0.1, 0.15) is 64.4 Å². The van der Waals surface area contributed by atoms with Gasteiger partial charge in [0.25, 0.3) is 0 Å². The average molecular weight is 453 g/mol. The highest BCUT2D eigenvalue weighted by Crippen LogP contribution is 2.47. The summed E-state index contributed by atoms with van der Waals surface area (Å²) in [4.78, 5) is 22.5. The lowest BCUT2D eigenvalue weighted by molar-refractivity contribution is -0.135. The van der Waals surface area contributed by atoms with E-state index in [1.165, 1.54) is 25.7 Å². The molecule has 0 spiro atoms. The number of halogens is 1. The Morgan fingerprint density at radius 1 is 1.18 bits per heavy atom. The van der Waals surface area contributed by atoms with E-state index in [-0.39, 0.29) is 24.2 Å². The lowest BCUT2D eigenvalue weighted by atomic mass is 9.84. The standard InChI is InChI=1S/C27H37FN4O/c1-17-4-11-23-27(2,3)32(24(33)16-29)13-12-31(23)26(25(17)19-7-9-21(28)10-8-19)30-22-15-18-5-6-20(22)14-18/h7-11,17-18,20,22,25H,4-6,12-16,29H2,1-3H3. The summed E-state index contributed by atoms with van der Waals surface area (Å²) in [5.74, 6) is 2.83. The number of benzene rings is 1. The van der Waals surface area contributed by atoms with Gasteiger partial charge in [-0.1, -0.05) is 31.6 Å². The molecule has 3 fully saturated rings. The molecule has 6 heteroatoms. The molecule has 0 aromatic heterocycles. The smallest absolute Gasteiger partial charge is 0.237 e. The molecule has 1 saturated heterocycles. The zero-order valence-electron chi connectivity index (χ0n) is 20.1. The number of piperazine rings is 1. The maximum absolute atomic E-state index is 13.8. The monoisotopic (exact) mass is 452 g/mol. The fourth-order valence-corrected chi connectivity index (χ4v) is 6.91. The van der Waals surface area contributed by atoms with Crippen molar-refractivity contribution in [1.29, 1.82) is 0 Å². The van der Waals surface area contributed by atoms with Crippen LogP contribution in [0.2, 0.25) is 0 Å². The molecule has 1 amide bonds. The van der Waals surface area contributed by atoms with Crippen LogP contribution < -0.4 is 5.73 Å². The first kappa shape index (κ1) is 22.6. The molecule has 2 heterocycles. The van der Waals surface area contributed by atoms with Crippen LogP contribution in [0, 0.1) is 23.6 Å². The van der Waals surface area contributed by atoms with E-state index in [0.717, 1.165) is 29.4 Å². The highest BCUT2D eigenvalue weighted by atomic mass is 19.1. The molecular weight excluding hydrogens is 415 g/mol. The number of aliphatic imine (C=N–C) groups is 1.